The summed E-state index contributed by atoms with van der Waals surface area (Å²) >= 11 is 6.62. The first-order valence-corrected chi connectivity index (χ1v) is 18.0. The van der Waals surface area contributed by atoms with Gasteiger partial charge in [-0.1, -0.05) is 47.9 Å². The molecule has 4 aliphatic heterocycles. The van der Waals surface area contributed by atoms with Gasteiger partial charge in [0, 0.05) is 80.8 Å². The van der Waals surface area contributed by atoms with E-state index < -0.39 is 17.5 Å². The number of ether oxygens (including phenoxy) is 2. The van der Waals surface area contributed by atoms with Crippen LogP contribution in [0, 0.1) is 23.6 Å². The molecule has 4 saturated heterocycles. The van der Waals surface area contributed by atoms with Gasteiger partial charge in [-0.25, -0.2) is 8.78 Å². The van der Waals surface area contributed by atoms with Gasteiger partial charge in [0.1, 0.15) is 29.8 Å². The number of nitrogens with zero attached hydrogens (tertiary/aromatic N) is 7. The summed E-state index contributed by atoms with van der Waals surface area (Å²) in [7, 11) is 1.89. The van der Waals surface area contributed by atoms with Crippen molar-refractivity contribution in [1.29, 1.82) is 0 Å². The number of carbonyl (C=O) groups is 1. The van der Waals surface area contributed by atoms with Crippen molar-refractivity contribution in [3.05, 3.63) is 53.4 Å². The average Bonchev–Trinajstić information content (AvgIpc) is 3.64. The van der Waals surface area contributed by atoms with Gasteiger partial charge in [-0.05, 0) is 36.8 Å². The molecule has 0 bridgehead atoms. The maximum Gasteiger partial charge on any atom is 0.319 e. The van der Waals surface area contributed by atoms with Crippen LogP contribution in [0.25, 0.3) is 32.9 Å². The number of benzene rings is 2. The monoisotopic (exact) mass is 715 g/mol. The van der Waals surface area contributed by atoms with Crippen molar-refractivity contribution < 1.29 is 23.0 Å². The number of fused-ring (bicyclic) bond motifs is 3. The summed E-state index contributed by atoms with van der Waals surface area (Å²) in [5.41, 5.74) is 0.339. The number of aromatic nitrogens is 3. The maximum atomic E-state index is 16.8. The molecule has 4 fully saturated rings. The molecule has 8 rings (SSSR count). The van der Waals surface area contributed by atoms with Crippen LogP contribution in [0.5, 0.6) is 6.01 Å². The first-order chi connectivity index (χ1) is 24.8. The highest BCUT2D eigenvalue weighted by Crippen LogP contribution is 2.41. The highest BCUT2D eigenvalue weighted by atomic mass is 35.5. The van der Waals surface area contributed by atoms with E-state index in [9.17, 15) is 9.18 Å². The Hall–Kier alpha value is -4.15. The van der Waals surface area contributed by atoms with Crippen molar-refractivity contribution in [2.24, 2.45) is 5.92 Å². The Labute approximate surface area is 300 Å². The van der Waals surface area contributed by atoms with Crippen molar-refractivity contribution in [2.45, 2.75) is 31.0 Å². The SMILES string of the molecule is CN(CC1CN(C(=O)C#CCN2CCOCC2)C1)c1nc(OCC23CCCN2C[C@H](F)C3)nc2c(F)c(-c3cccc4cccc(Cl)c34)ncc12. The zero-order valence-electron chi connectivity index (χ0n) is 28.6. The third kappa shape index (κ3) is 6.68. The smallest absolute Gasteiger partial charge is 0.319 e. The van der Waals surface area contributed by atoms with E-state index in [1.165, 1.54) is 0 Å². The molecule has 1 amide bonds. The second-order valence-corrected chi connectivity index (χ2v) is 14.6. The van der Waals surface area contributed by atoms with Gasteiger partial charge in [0.15, 0.2) is 5.82 Å². The van der Waals surface area contributed by atoms with Crippen LogP contribution in [0.4, 0.5) is 14.6 Å². The Morgan fingerprint density at radius 3 is 2.76 bits per heavy atom. The van der Waals surface area contributed by atoms with Crippen LogP contribution in [-0.4, -0.2) is 126 Å². The van der Waals surface area contributed by atoms with E-state index in [4.69, 9.17) is 26.1 Å². The lowest BCUT2D eigenvalue weighted by atomic mass is 9.95. The minimum absolute atomic E-state index is 0.0286. The number of halogens is 3. The molecule has 0 radical (unpaired) electrons. The molecular weight excluding hydrogens is 676 g/mol. The van der Waals surface area contributed by atoms with E-state index in [1.807, 2.05) is 36.2 Å². The minimum atomic E-state index is -0.906. The highest BCUT2D eigenvalue weighted by Gasteiger charge is 2.49. The number of amides is 1. The molecular formula is C38H40ClF2N7O3. The van der Waals surface area contributed by atoms with Crippen LogP contribution < -0.4 is 9.64 Å². The van der Waals surface area contributed by atoms with Crippen LogP contribution >= 0.6 is 11.6 Å². The van der Waals surface area contributed by atoms with E-state index in [0.717, 1.165) is 37.9 Å². The van der Waals surface area contributed by atoms with Crippen molar-refractivity contribution in [1.82, 2.24) is 29.7 Å². The van der Waals surface area contributed by atoms with E-state index in [2.05, 4.69) is 31.6 Å². The van der Waals surface area contributed by atoms with Crippen molar-refractivity contribution in [3.63, 3.8) is 0 Å². The van der Waals surface area contributed by atoms with Gasteiger partial charge in [-0.2, -0.15) is 9.97 Å². The molecule has 4 aliphatic rings. The van der Waals surface area contributed by atoms with Crippen molar-refractivity contribution >= 4 is 45.0 Å². The quantitative estimate of drug-likeness (QED) is 0.239. The third-order valence-electron chi connectivity index (χ3n) is 10.7. The van der Waals surface area contributed by atoms with E-state index in [1.54, 1.807) is 23.2 Å². The molecule has 4 aromatic rings. The molecule has 1 unspecified atom stereocenters. The summed E-state index contributed by atoms with van der Waals surface area (Å²) in [5.74, 6) is 5.63. The van der Waals surface area contributed by atoms with Crippen molar-refractivity contribution in [2.75, 3.05) is 84.1 Å². The number of anilines is 1. The molecule has 2 aromatic carbocycles. The molecule has 0 N–H and O–H groups in total. The van der Waals surface area contributed by atoms with Crippen LogP contribution in [0.15, 0.2) is 42.6 Å². The molecule has 0 aliphatic carbocycles. The average molecular weight is 716 g/mol. The molecule has 2 aromatic heterocycles. The number of alkyl halides is 1. The summed E-state index contributed by atoms with van der Waals surface area (Å²) in [6, 6.07) is 11.2. The fraction of sp³-hybridized carbons (Fsp3) is 0.474. The number of likely N-dealkylation sites (tertiary alicyclic amines) is 1. The van der Waals surface area contributed by atoms with E-state index in [-0.39, 0.29) is 35.7 Å². The Balaban J connectivity index is 1.06. The molecule has 0 saturated carbocycles. The number of morpholine rings is 1. The van der Waals surface area contributed by atoms with E-state index >= 15 is 4.39 Å². The number of hydrogen-bond acceptors (Lipinski definition) is 9. The summed E-state index contributed by atoms with van der Waals surface area (Å²) in [4.78, 5) is 34.7. The second-order valence-electron chi connectivity index (χ2n) is 14.2. The lowest BCUT2D eigenvalue weighted by Crippen LogP contribution is -2.53. The molecule has 2 atom stereocenters. The van der Waals surface area contributed by atoms with Gasteiger partial charge >= 0.3 is 6.01 Å². The molecule has 13 heteroatoms. The van der Waals surface area contributed by atoms with Gasteiger partial charge in [0.25, 0.3) is 5.91 Å². The lowest BCUT2D eigenvalue weighted by molar-refractivity contribution is -0.130. The van der Waals surface area contributed by atoms with Crippen LogP contribution in [0.3, 0.4) is 0 Å². The molecule has 0 spiro atoms. The number of pyridine rings is 1. The Morgan fingerprint density at radius 2 is 1.94 bits per heavy atom. The highest BCUT2D eigenvalue weighted by molar-refractivity contribution is 6.36. The fourth-order valence-corrected chi connectivity index (χ4v) is 8.38. The zero-order chi connectivity index (χ0) is 35.1. The van der Waals surface area contributed by atoms with Gasteiger partial charge in [-0.3, -0.25) is 19.6 Å². The predicted octanol–water partition coefficient (Wildman–Crippen LogP) is 4.82. The van der Waals surface area contributed by atoms with Crippen LogP contribution in [0.2, 0.25) is 5.02 Å². The van der Waals surface area contributed by atoms with Gasteiger partial charge < -0.3 is 19.3 Å². The largest absolute Gasteiger partial charge is 0.461 e. The standard InChI is InChI=1S/C38H40ClF2N7O3/c1-45(20-25-21-47(22-25)31(49)10-4-12-46-14-16-50-17-15-46)36-29-19-42-34(28-8-2-6-26-7-3-9-30(39)32(26)28)33(41)35(29)43-37(44-36)51-24-38-11-5-13-48(38)23-27(40)18-38/h2-3,6-9,19,25,27H,5,11-18,20-24H2,1H3/t27-,38?/m1/s1. The molecule has 51 heavy (non-hydrogen) atoms. The Morgan fingerprint density at radius 1 is 1.14 bits per heavy atom. The summed E-state index contributed by atoms with van der Waals surface area (Å²) < 4.78 is 42.9. The minimum Gasteiger partial charge on any atom is -0.461 e. The van der Waals surface area contributed by atoms with Crippen molar-refractivity contribution in [3.8, 4) is 29.1 Å². The Bertz CT molecular complexity index is 2020. The number of hydrogen-bond donors (Lipinski definition) is 0. The van der Waals surface area contributed by atoms with Gasteiger partial charge in [-0.15, -0.1) is 0 Å². The Kier molecular flexibility index (Phi) is 9.40. The normalized spacial score (nSPS) is 22.5. The first kappa shape index (κ1) is 34.0. The topological polar surface area (TPSA) is 87.2 Å². The number of rotatable bonds is 8. The second kappa shape index (κ2) is 14.1. The lowest BCUT2D eigenvalue weighted by Gasteiger charge is -2.40. The fourth-order valence-electron chi connectivity index (χ4n) is 8.10. The number of carbonyl (C=O) groups excluding carboxylic acids is 1. The molecule has 266 valence electrons. The third-order valence-corrected chi connectivity index (χ3v) is 11.0. The van der Waals surface area contributed by atoms with E-state index in [0.29, 0.717) is 79.5 Å². The molecule has 6 heterocycles. The summed E-state index contributed by atoms with van der Waals surface area (Å²) in [6.45, 7) is 6.68. The summed E-state index contributed by atoms with van der Waals surface area (Å²) in [6.07, 6.45) is 2.89. The maximum absolute atomic E-state index is 16.8. The zero-order valence-corrected chi connectivity index (χ0v) is 29.3. The van der Waals surface area contributed by atoms with Gasteiger partial charge in [0.05, 0.1) is 30.7 Å². The van der Waals surface area contributed by atoms with Gasteiger partial charge in [0.2, 0.25) is 0 Å². The summed E-state index contributed by atoms with van der Waals surface area (Å²) in [5, 5.41) is 2.50. The molecule has 10 nitrogen and oxygen atoms in total. The first-order valence-electron chi connectivity index (χ1n) is 17.6. The van der Waals surface area contributed by atoms with Crippen LogP contribution in [0.1, 0.15) is 19.3 Å². The van der Waals surface area contributed by atoms with Crippen LogP contribution in [-0.2, 0) is 9.53 Å². The predicted molar refractivity (Wildman–Crippen MR) is 192 cm³/mol.